The van der Waals surface area contributed by atoms with Crippen molar-refractivity contribution in [2.45, 2.75) is 59.3 Å². The van der Waals surface area contributed by atoms with E-state index >= 15 is 0 Å². The SMILES string of the molecule is CCc1ccccc1N1C[C@@H](C(=O)Nc2c(C(C)C)cccc2C(C)C)CC1=O. The second-order valence-electron chi connectivity index (χ2n) is 8.50. The van der Waals surface area contributed by atoms with Crippen LogP contribution in [0.4, 0.5) is 11.4 Å². The number of amides is 2. The summed E-state index contributed by atoms with van der Waals surface area (Å²) in [4.78, 5) is 27.6. The first-order valence-corrected chi connectivity index (χ1v) is 10.6. The van der Waals surface area contributed by atoms with Crippen LogP contribution >= 0.6 is 0 Å². The summed E-state index contributed by atoms with van der Waals surface area (Å²) >= 11 is 0. The van der Waals surface area contributed by atoms with E-state index in [1.165, 1.54) is 0 Å². The molecule has 1 atom stereocenters. The van der Waals surface area contributed by atoms with Crippen molar-refractivity contribution in [3.05, 3.63) is 59.2 Å². The highest BCUT2D eigenvalue weighted by molar-refractivity contribution is 6.04. The summed E-state index contributed by atoms with van der Waals surface area (Å²) in [5.41, 5.74) is 5.27. The van der Waals surface area contributed by atoms with Gasteiger partial charge in [-0.15, -0.1) is 0 Å². The quantitative estimate of drug-likeness (QED) is 0.707. The van der Waals surface area contributed by atoms with Gasteiger partial charge >= 0.3 is 0 Å². The van der Waals surface area contributed by atoms with E-state index < -0.39 is 0 Å². The highest BCUT2D eigenvalue weighted by Crippen LogP contribution is 2.34. The summed E-state index contributed by atoms with van der Waals surface area (Å²) < 4.78 is 0. The first-order valence-electron chi connectivity index (χ1n) is 10.6. The van der Waals surface area contributed by atoms with Gasteiger partial charge in [0.15, 0.2) is 0 Å². The molecule has 2 aromatic carbocycles. The zero-order valence-electron chi connectivity index (χ0n) is 18.2. The van der Waals surface area contributed by atoms with E-state index in [0.717, 1.165) is 34.5 Å². The maximum atomic E-state index is 13.2. The van der Waals surface area contributed by atoms with Crippen molar-refractivity contribution >= 4 is 23.2 Å². The summed E-state index contributed by atoms with van der Waals surface area (Å²) in [5, 5.41) is 3.19. The van der Waals surface area contributed by atoms with Gasteiger partial charge in [0, 0.05) is 24.3 Å². The molecule has 2 aromatic rings. The monoisotopic (exact) mass is 392 g/mol. The number of hydrogen-bond acceptors (Lipinski definition) is 2. The lowest BCUT2D eigenvalue weighted by molar-refractivity contribution is -0.122. The Morgan fingerprint density at radius 1 is 1.03 bits per heavy atom. The molecule has 154 valence electrons. The maximum Gasteiger partial charge on any atom is 0.229 e. The van der Waals surface area contributed by atoms with Gasteiger partial charge < -0.3 is 10.2 Å². The third kappa shape index (κ3) is 4.36. The topological polar surface area (TPSA) is 49.4 Å². The Hall–Kier alpha value is -2.62. The fourth-order valence-corrected chi connectivity index (χ4v) is 4.11. The first kappa shape index (κ1) is 21.1. The molecule has 1 aliphatic heterocycles. The lowest BCUT2D eigenvalue weighted by atomic mass is 9.92. The van der Waals surface area contributed by atoms with Gasteiger partial charge in [0.2, 0.25) is 11.8 Å². The van der Waals surface area contributed by atoms with Crippen LogP contribution in [0.5, 0.6) is 0 Å². The fraction of sp³-hybridized carbons (Fsp3) is 0.440. The van der Waals surface area contributed by atoms with Crippen LogP contribution in [0.1, 0.15) is 69.6 Å². The third-order valence-electron chi connectivity index (χ3n) is 5.78. The van der Waals surface area contributed by atoms with Crippen molar-refractivity contribution in [2.75, 3.05) is 16.8 Å². The molecule has 1 fully saturated rings. The first-order chi connectivity index (χ1) is 13.8. The standard InChI is InChI=1S/C25H32N2O2/c1-6-18-10-7-8-13-22(18)27-15-19(14-23(27)28)25(29)26-24-20(16(2)3)11-9-12-21(24)17(4)5/h7-13,16-17,19H,6,14-15H2,1-5H3,(H,26,29)/t19-/m0/s1. The predicted molar refractivity (Wildman–Crippen MR) is 120 cm³/mol. The maximum absolute atomic E-state index is 13.2. The van der Waals surface area contributed by atoms with Crippen LogP contribution < -0.4 is 10.2 Å². The molecule has 4 heteroatoms. The molecule has 3 rings (SSSR count). The molecule has 0 aliphatic carbocycles. The van der Waals surface area contributed by atoms with Gasteiger partial charge in [-0.2, -0.15) is 0 Å². The van der Waals surface area contributed by atoms with Gasteiger partial charge in [0.25, 0.3) is 0 Å². The van der Waals surface area contributed by atoms with Crippen molar-refractivity contribution < 1.29 is 9.59 Å². The minimum atomic E-state index is -0.340. The van der Waals surface area contributed by atoms with Gasteiger partial charge in [-0.05, 0) is 41.0 Å². The number of carbonyl (C=O) groups excluding carboxylic acids is 2. The molecular formula is C25H32N2O2. The van der Waals surface area contributed by atoms with Crippen LogP contribution in [0.15, 0.2) is 42.5 Å². The second kappa shape index (κ2) is 8.81. The van der Waals surface area contributed by atoms with E-state index in [1.54, 1.807) is 4.90 Å². The average Bonchev–Trinajstić information content (AvgIpc) is 3.09. The zero-order chi connectivity index (χ0) is 21.1. The van der Waals surface area contributed by atoms with Gasteiger partial charge in [-0.25, -0.2) is 0 Å². The normalized spacial score (nSPS) is 16.7. The largest absolute Gasteiger partial charge is 0.325 e. The Bertz CT molecular complexity index is 875. The molecule has 2 amide bonds. The minimum Gasteiger partial charge on any atom is -0.325 e. The fourth-order valence-electron chi connectivity index (χ4n) is 4.11. The molecule has 1 saturated heterocycles. The lowest BCUT2D eigenvalue weighted by Crippen LogP contribution is -2.29. The third-order valence-corrected chi connectivity index (χ3v) is 5.78. The molecule has 1 aliphatic rings. The minimum absolute atomic E-state index is 0.0206. The summed E-state index contributed by atoms with van der Waals surface area (Å²) in [7, 11) is 0. The van der Waals surface area contributed by atoms with Crippen molar-refractivity contribution in [3.8, 4) is 0 Å². The van der Waals surface area contributed by atoms with E-state index in [4.69, 9.17) is 0 Å². The Balaban J connectivity index is 1.84. The number of hydrogen-bond donors (Lipinski definition) is 1. The Morgan fingerprint density at radius 3 is 2.24 bits per heavy atom. The summed E-state index contributed by atoms with van der Waals surface area (Å²) in [6, 6.07) is 14.2. The number of carbonyl (C=O) groups is 2. The zero-order valence-corrected chi connectivity index (χ0v) is 18.2. The number of nitrogens with one attached hydrogen (secondary N) is 1. The Morgan fingerprint density at radius 2 is 1.66 bits per heavy atom. The van der Waals surface area contributed by atoms with E-state index in [2.05, 4.69) is 58.1 Å². The molecular weight excluding hydrogens is 360 g/mol. The van der Waals surface area contributed by atoms with Gasteiger partial charge in [0.05, 0.1) is 5.92 Å². The molecule has 0 spiro atoms. The van der Waals surface area contributed by atoms with Gasteiger partial charge in [-0.3, -0.25) is 9.59 Å². The van der Waals surface area contributed by atoms with E-state index in [-0.39, 0.29) is 24.2 Å². The van der Waals surface area contributed by atoms with Crippen LogP contribution in [-0.2, 0) is 16.0 Å². The van der Waals surface area contributed by atoms with Crippen LogP contribution in [0, 0.1) is 5.92 Å². The summed E-state index contributed by atoms with van der Waals surface area (Å²) in [5.74, 6) is 0.231. The number of aryl methyl sites for hydroxylation is 1. The highest BCUT2D eigenvalue weighted by Gasteiger charge is 2.36. The van der Waals surface area contributed by atoms with Crippen LogP contribution in [0.2, 0.25) is 0 Å². The smallest absolute Gasteiger partial charge is 0.229 e. The van der Waals surface area contributed by atoms with Crippen LogP contribution in [-0.4, -0.2) is 18.4 Å². The van der Waals surface area contributed by atoms with Gasteiger partial charge in [-0.1, -0.05) is 71.0 Å². The van der Waals surface area contributed by atoms with E-state index in [0.29, 0.717) is 18.4 Å². The molecule has 0 bridgehead atoms. The Labute approximate surface area is 174 Å². The van der Waals surface area contributed by atoms with Crippen LogP contribution in [0.25, 0.3) is 0 Å². The molecule has 29 heavy (non-hydrogen) atoms. The number of rotatable bonds is 6. The van der Waals surface area contributed by atoms with Crippen molar-refractivity contribution in [2.24, 2.45) is 5.92 Å². The molecule has 4 nitrogen and oxygen atoms in total. The summed E-state index contributed by atoms with van der Waals surface area (Å²) in [6.45, 7) is 11.1. The molecule has 0 unspecified atom stereocenters. The number of para-hydroxylation sites is 2. The van der Waals surface area contributed by atoms with Crippen LogP contribution in [0.3, 0.4) is 0 Å². The number of anilines is 2. The molecule has 0 saturated carbocycles. The predicted octanol–water partition coefficient (Wildman–Crippen LogP) is 5.49. The Kier molecular flexibility index (Phi) is 6.41. The van der Waals surface area contributed by atoms with E-state index in [9.17, 15) is 9.59 Å². The lowest BCUT2D eigenvalue weighted by Gasteiger charge is -2.22. The highest BCUT2D eigenvalue weighted by atomic mass is 16.2. The average molecular weight is 393 g/mol. The van der Waals surface area contributed by atoms with Gasteiger partial charge in [0.1, 0.15) is 0 Å². The molecule has 1 heterocycles. The summed E-state index contributed by atoms with van der Waals surface area (Å²) in [6.07, 6.45) is 1.11. The van der Waals surface area contributed by atoms with E-state index in [1.807, 2.05) is 24.3 Å². The molecule has 0 radical (unpaired) electrons. The number of nitrogens with zero attached hydrogens (tertiary/aromatic N) is 1. The van der Waals surface area contributed by atoms with Crippen molar-refractivity contribution in [1.82, 2.24) is 0 Å². The molecule has 0 aromatic heterocycles. The second-order valence-corrected chi connectivity index (χ2v) is 8.50. The van der Waals surface area contributed by atoms with Crippen molar-refractivity contribution in [3.63, 3.8) is 0 Å². The van der Waals surface area contributed by atoms with Crippen molar-refractivity contribution in [1.29, 1.82) is 0 Å². The number of benzene rings is 2. The molecule has 1 N–H and O–H groups in total.